The Bertz CT molecular complexity index is 869. The van der Waals surface area contributed by atoms with Crippen molar-refractivity contribution in [3.8, 4) is 16.9 Å². The van der Waals surface area contributed by atoms with E-state index < -0.39 is 4.92 Å². The quantitative estimate of drug-likeness (QED) is 0.523. The highest BCUT2D eigenvalue weighted by atomic mass is 16.6. The number of nitrogens with zero attached hydrogens (tertiary/aromatic N) is 4. The third kappa shape index (κ3) is 3.17. The van der Waals surface area contributed by atoms with E-state index in [2.05, 4.69) is 29.4 Å². The maximum absolute atomic E-state index is 11.0. The van der Waals surface area contributed by atoms with Gasteiger partial charge in [-0.05, 0) is 24.5 Å². The number of rotatable bonds is 5. The normalized spacial score (nSPS) is 10.8. The van der Waals surface area contributed by atoms with Crippen LogP contribution < -0.4 is 0 Å². The van der Waals surface area contributed by atoms with E-state index >= 15 is 0 Å². The SMILES string of the molecule is CCCc1ccc(-c2cn(-c3cc([N+](=O)[O-])ccc3C)nn2)cc1. The number of nitro groups is 1. The van der Waals surface area contributed by atoms with E-state index in [0.29, 0.717) is 5.69 Å². The summed E-state index contributed by atoms with van der Waals surface area (Å²) in [6, 6.07) is 13.0. The largest absolute Gasteiger partial charge is 0.271 e. The van der Waals surface area contributed by atoms with Crippen molar-refractivity contribution in [1.82, 2.24) is 15.0 Å². The predicted octanol–water partition coefficient (Wildman–Crippen LogP) is 4.10. The summed E-state index contributed by atoms with van der Waals surface area (Å²) in [4.78, 5) is 10.6. The second kappa shape index (κ2) is 6.62. The van der Waals surface area contributed by atoms with Gasteiger partial charge >= 0.3 is 0 Å². The van der Waals surface area contributed by atoms with Crippen LogP contribution in [0.4, 0.5) is 5.69 Å². The summed E-state index contributed by atoms with van der Waals surface area (Å²) < 4.78 is 1.58. The second-order valence-corrected chi connectivity index (χ2v) is 5.72. The monoisotopic (exact) mass is 322 g/mol. The van der Waals surface area contributed by atoms with E-state index in [4.69, 9.17) is 0 Å². The average Bonchev–Trinajstić information content (AvgIpc) is 3.06. The molecule has 0 bridgehead atoms. The number of non-ortho nitro benzene ring substituents is 1. The highest BCUT2D eigenvalue weighted by molar-refractivity contribution is 5.59. The van der Waals surface area contributed by atoms with E-state index in [1.165, 1.54) is 17.7 Å². The van der Waals surface area contributed by atoms with E-state index in [0.717, 1.165) is 29.7 Å². The standard InChI is InChI=1S/C18H18N4O2/c1-3-4-14-6-8-15(9-7-14)17-12-21(20-19-17)18-11-16(22(23)24)10-5-13(18)2/h5-12H,3-4H2,1-2H3. The fraction of sp³-hybridized carbons (Fsp3) is 0.222. The Balaban J connectivity index is 1.93. The Morgan fingerprint density at radius 2 is 1.92 bits per heavy atom. The number of aromatic nitrogens is 3. The molecule has 0 amide bonds. The molecule has 0 aliphatic carbocycles. The first-order valence-electron chi connectivity index (χ1n) is 7.85. The van der Waals surface area contributed by atoms with Gasteiger partial charge in [-0.3, -0.25) is 10.1 Å². The van der Waals surface area contributed by atoms with Gasteiger partial charge in [-0.1, -0.05) is 48.9 Å². The Morgan fingerprint density at radius 3 is 2.58 bits per heavy atom. The molecule has 2 aromatic carbocycles. The summed E-state index contributed by atoms with van der Waals surface area (Å²) in [5.41, 5.74) is 4.61. The molecule has 6 nitrogen and oxygen atoms in total. The number of nitro benzene ring substituents is 1. The van der Waals surface area contributed by atoms with Crippen LogP contribution in [0.25, 0.3) is 16.9 Å². The van der Waals surface area contributed by atoms with Crippen molar-refractivity contribution in [2.75, 3.05) is 0 Å². The minimum absolute atomic E-state index is 0.0385. The molecule has 0 atom stereocenters. The zero-order valence-electron chi connectivity index (χ0n) is 13.6. The molecule has 0 saturated heterocycles. The Morgan fingerprint density at radius 1 is 1.17 bits per heavy atom. The summed E-state index contributed by atoms with van der Waals surface area (Å²) in [7, 11) is 0. The van der Waals surface area contributed by atoms with Crippen molar-refractivity contribution in [2.24, 2.45) is 0 Å². The molecule has 0 aliphatic rings. The van der Waals surface area contributed by atoms with Crippen LogP contribution in [0.15, 0.2) is 48.7 Å². The molecule has 0 saturated carbocycles. The first-order chi connectivity index (χ1) is 11.6. The summed E-state index contributed by atoms with van der Waals surface area (Å²) in [5, 5.41) is 19.3. The van der Waals surface area contributed by atoms with Crippen LogP contribution in [0.2, 0.25) is 0 Å². The van der Waals surface area contributed by atoms with Gasteiger partial charge in [0.05, 0.1) is 16.8 Å². The van der Waals surface area contributed by atoms with E-state index in [1.807, 2.05) is 19.1 Å². The summed E-state index contributed by atoms with van der Waals surface area (Å²) in [6.45, 7) is 4.04. The van der Waals surface area contributed by atoms with Crippen molar-refractivity contribution in [3.63, 3.8) is 0 Å². The molecule has 24 heavy (non-hydrogen) atoms. The van der Waals surface area contributed by atoms with Crippen LogP contribution in [0.3, 0.4) is 0 Å². The number of aryl methyl sites for hydroxylation is 2. The molecule has 0 unspecified atom stereocenters. The third-order valence-corrected chi connectivity index (χ3v) is 3.93. The van der Waals surface area contributed by atoms with Gasteiger partial charge in [0.15, 0.2) is 0 Å². The summed E-state index contributed by atoms with van der Waals surface area (Å²) in [5.74, 6) is 0. The molecule has 122 valence electrons. The van der Waals surface area contributed by atoms with Gasteiger partial charge in [-0.15, -0.1) is 5.10 Å². The van der Waals surface area contributed by atoms with Gasteiger partial charge in [0.2, 0.25) is 0 Å². The maximum atomic E-state index is 11.0. The fourth-order valence-electron chi connectivity index (χ4n) is 2.60. The molecular weight excluding hydrogens is 304 g/mol. The molecule has 6 heteroatoms. The number of benzene rings is 2. The van der Waals surface area contributed by atoms with Crippen molar-refractivity contribution in [1.29, 1.82) is 0 Å². The van der Waals surface area contributed by atoms with Crippen LogP contribution in [0.1, 0.15) is 24.5 Å². The van der Waals surface area contributed by atoms with Gasteiger partial charge in [0.1, 0.15) is 5.69 Å². The highest BCUT2D eigenvalue weighted by Gasteiger charge is 2.12. The minimum atomic E-state index is -0.409. The van der Waals surface area contributed by atoms with Gasteiger partial charge < -0.3 is 0 Å². The lowest BCUT2D eigenvalue weighted by atomic mass is 10.1. The average molecular weight is 322 g/mol. The van der Waals surface area contributed by atoms with Gasteiger partial charge in [-0.2, -0.15) is 0 Å². The summed E-state index contributed by atoms with van der Waals surface area (Å²) >= 11 is 0. The Hall–Kier alpha value is -3.02. The molecule has 3 aromatic rings. The Kier molecular flexibility index (Phi) is 4.37. The lowest BCUT2D eigenvalue weighted by Gasteiger charge is -2.04. The first kappa shape index (κ1) is 15.9. The molecule has 0 aliphatic heterocycles. The highest BCUT2D eigenvalue weighted by Crippen LogP contribution is 2.23. The molecule has 0 N–H and O–H groups in total. The van der Waals surface area contributed by atoms with E-state index in [1.54, 1.807) is 16.9 Å². The zero-order valence-corrected chi connectivity index (χ0v) is 13.6. The number of hydrogen-bond donors (Lipinski definition) is 0. The van der Waals surface area contributed by atoms with Gasteiger partial charge in [-0.25, -0.2) is 4.68 Å². The van der Waals surface area contributed by atoms with Crippen molar-refractivity contribution in [2.45, 2.75) is 26.7 Å². The molecule has 3 rings (SSSR count). The topological polar surface area (TPSA) is 73.8 Å². The lowest BCUT2D eigenvalue weighted by Crippen LogP contribution is -1.99. The maximum Gasteiger partial charge on any atom is 0.271 e. The van der Waals surface area contributed by atoms with Crippen molar-refractivity contribution < 1.29 is 4.92 Å². The first-order valence-corrected chi connectivity index (χ1v) is 7.85. The molecule has 0 fully saturated rings. The molecule has 1 heterocycles. The molecular formula is C18H18N4O2. The van der Waals surface area contributed by atoms with Crippen LogP contribution in [0.5, 0.6) is 0 Å². The molecule has 1 aromatic heterocycles. The van der Waals surface area contributed by atoms with Crippen LogP contribution >= 0.6 is 0 Å². The van der Waals surface area contributed by atoms with E-state index in [-0.39, 0.29) is 5.69 Å². The molecule has 0 radical (unpaired) electrons. The third-order valence-electron chi connectivity index (χ3n) is 3.93. The minimum Gasteiger partial charge on any atom is -0.258 e. The van der Waals surface area contributed by atoms with Crippen molar-refractivity contribution in [3.05, 3.63) is 69.9 Å². The smallest absolute Gasteiger partial charge is 0.258 e. The molecule has 0 spiro atoms. The summed E-state index contributed by atoms with van der Waals surface area (Å²) in [6.07, 6.45) is 3.96. The van der Waals surface area contributed by atoms with Crippen LogP contribution in [0, 0.1) is 17.0 Å². The van der Waals surface area contributed by atoms with Crippen molar-refractivity contribution >= 4 is 5.69 Å². The second-order valence-electron chi connectivity index (χ2n) is 5.72. The number of hydrogen-bond acceptors (Lipinski definition) is 4. The van der Waals surface area contributed by atoms with Crippen LogP contribution in [-0.2, 0) is 6.42 Å². The predicted molar refractivity (Wildman–Crippen MR) is 92.2 cm³/mol. The van der Waals surface area contributed by atoms with Gasteiger partial charge in [0.25, 0.3) is 5.69 Å². The van der Waals surface area contributed by atoms with Gasteiger partial charge in [0, 0.05) is 17.7 Å². The lowest BCUT2D eigenvalue weighted by molar-refractivity contribution is -0.384. The Labute approximate surface area is 139 Å². The van der Waals surface area contributed by atoms with E-state index in [9.17, 15) is 10.1 Å². The fourth-order valence-corrected chi connectivity index (χ4v) is 2.60. The zero-order chi connectivity index (χ0) is 17.1. The van der Waals surface area contributed by atoms with Crippen LogP contribution in [-0.4, -0.2) is 19.9 Å².